The van der Waals surface area contributed by atoms with Gasteiger partial charge in [-0.25, -0.2) is 0 Å². The van der Waals surface area contributed by atoms with E-state index in [1.165, 1.54) is 0 Å². The number of anilines is 1. The average Bonchev–Trinajstić information content (AvgIpc) is 2.71. The highest BCUT2D eigenvalue weighted by Crippen LogP contribution is 2.22. The molecule has 1 aromatic carbocycles. The van der Waals surface area contributed by atoms with Gasteiger partial charge >= 0.3 is 0 Å². The first kappa shape index (κ1) is 10.1. The summed E-state index contributed by atoms with van der Waals surface area (Å²) in [5.41, 5.74) is 1.50. The van der Waals surface area contributed by atoms with Gasteiger partial charge in [0.05, 0.1) is 10.6 Å². The lowest BCUT2D eigenvalue weighted by Gasteiger charge is -2.13. The van der Waals surface area contributed by atoms with Gasteiger partial charge in [-0.15, -0.1) is 0 Å². The molecule has 1 aromatic rings. The summed E-state index contributed by atoms with van der Waals surface area (Å²) in [5, 5.41) is 12.6. The van der Waals surface area contributed by atoms with Crippen LogP contribution in [0.4, 0.5) is 5.69 Å². The summed E-state index contributed by atoms with van der Waals surface area (Å²) in [4.78, 5) is 0. The smallest absolute Gasteiger partial charge is 0.101 e. The van der Waals surface area contributed by atoms with E-state index in [0.717, 1.165) is 18.5 Å². The Kier molecular flexibility index (Phi) is 2.94. The third-order valence-corrected chi connectivity index (χ3v) is 2.78. The first-order valence-electron chi connectivity index (χ1n) is 4.91. The van der Waals surface area contributed by atoms with Crippen LogP contribution >= 0.6 is 11.6 Å². The van der Waals surface area contributed by atoms with Crippen molar-refractivity contribution in [2.24, 2.45) is 0 Å². The summed E-state index contributed by atoms with van der Waals surface area (Å²) in [6, 6.07) is 7.95. The molecular weight excluding hydrogens is 208 g/mol. The third kappa shape index (κ3) is 2.31. The van der Waals surface area contributed by atoms with Crippen LogP contribution in [0.3, 0.4) is 0 Å². The monoisotopic (exact) mass is 218 g/mol. The molecule has 0 aromatic heterocycles. The van der Waals surface area contributed by atoms with Crippen molar-refractivity contribution in [3.05, 3.63) is 40.9 Å². The van der Waals surface area contributed by atoms with E-state index in [-0.39, 0.29) is 0 Å². The van der Waals surface area contributed by atoms with E-state index in [1.807, 2.05) is 12.1 Å². The molecule has 76 valence electrons. The van der Waals surface area contributed by atoms with Crippen molar-refractivity contribution >= 4 is 17.3 Å². The third-order valence-electron chi connectivity index (χ3n) is 2.47. The van der Waals surface area contributed by atoms with Crippen LogP contribution in [0, 0.1) is 11.3 Å². The van der Waals surface area contributed by atoms with Gasteiger partial charge in [0.2, 0.25) is 0 Å². The van der Waals surface area contributed by atoms with Crippen LogP contribution < -0.4 is 5.32 Å². The largest absolute Gasteiger partial charge is 0.382 e. The second kappa shape index (κ2) is 4.37. The summed E-state index contributed by atoms with van der Waals surface area (Å²) in [6.07, 6.45) is 6.45. The van der Waals surface area contributed by atoms with E-state index >= 15 is 0 Å². The molecule has 1 aliphatic rings. The van der Waals surface area contributed by atoms with E-state index in [1.54, 1.807) is 12.1 Å². The highest BCUT2D eigenvalue weighted by molar-refractivity contribution is 6.32. The first-order valence-corrected chi connectivity index (χ1v) is 5.28. The van der Waals surface area contributed by atoms with Crippen molar-refractivity contribution in [1.82, 2.24) is 0 Å². The zero-order valence-electron chi connectivity index (χ0n) is 8.20. The van der Waals surface area contributed by atoms with Gasteiger partial charge in [0.1, 0.15) is 6.07 Å². The van der Waals surface area contributed by atoms with Gasteiger partial charge < -0.3 is 5.32 Å². The van der Waals surface area contributed by atoms with Crippen LogP contribution in [0.15, 0.2) is 30.4 Å². The molecule has 1 N–H and O–H groups in total. The number of benzene rings is 1. The Balaban J connectivity index is 2.10. The summed E-state index contributed by atoms with van der Waals surface area (Å²) < 4.78 is 0. The molecule has 0 spiro atoms. The van der Waals surface area contributed by atoms with E-state index in [9.17, 15) is 0 Å². The van der Waals surface area contributed by atoms with Crippen LogP contribution in [-0.4, -0.2) is 6.04 Å². The predicted molar refractivity (Wildman–Crippen MR) is 62.0 cm³/mol. The molecule has 2 rings (SSSR count). The molecule has 1 aliphatic carbocycles. The van der Waals surface area contributed by atoms with Crippen molar-refractivity contribution in [1.29, 1.82) is 5.26 Å². The van der Waals surface area contributed by atoms with Crippen LogP contribution in [0.5, 0.6) is 0 Å². The first-order chi connectivity index (χ1) is 7.29. The van der Waals surface area contributed by atoms with E-state index in [0.29, 0.717) is 16.6 Å². The molecule has 0 saturated carbocycles. The molecule has 0 aliphatic heterocycles. The Labute approximate surface area is 94.2 Å². The molecule has 0 unspecified atom stereocenters. The molecule has 2 nitrogen and oxygen atoms in total. The van der Waals surface area contributed by atoms with Crippen molar-refractivity contribution in [2.75, 3.05) is 5.32 Å². The fourth-order valence-corrected chi connectivity index (χ4v) is 1.89. The Hall–Kier alpha value is -1.46. The van der Waals surface area contributed by atoms with Crippen molar-refractivity contribution in [3.63, 3.8) is 0 Å². The maximum atomic E-state index is 8.73. The van der Waals surface area contributed by atoms with Crippen molar-refractivity contribution < 1.29 is 0 Å². The van der Waals surface area contributed by atoms with Crippen LogP contribution in [0.2, 0.25) is 5.02 Å². The normalized spacial score (nSPS) is 15.2. The van der Waals surface area contributed by atoms with Gasteiger partial charge in [-0.05, 0) is 31.0 Å². The summed E-state index contributed by atoms with van der Waals surface area (Å²) in [7, 11) is 0. The summed E-state index contributed by atoms with van der Waals surface area (Å²) >= 11 is 5.94. The number of nitrogens with zero attached hydrogens (tertiary/aromatic N) is 1. The van der Waals surface area contributed by atoms with Gasteiger partial charge in [0.25, 0.3) is 0 Å². The molecule has 0 bridgehead atoms. The van der Waals surface area contributed by atoms with Gasteiger partial charge in [-0.2, -0.15) is 5.26 Å². The Morgan fingerprint density at radius 2 is 2.07 bits per heavy atom. The fourth-order valence-electron chi connectivity index (χ4n) is 1.67. The number of halogens is 1. The Morgan fingerprint density at radius 3 is 2.67 bits per heavy atom. The van der Waals surface area contributed by atoms with Crippen LogP contribution in [0.1, 0.15) is 18.4 Å². The Bertz CT molecular complexity index is 424. The second-order valence-corrected chi connectivity index (χ2v) is 4.00. The van der Waals surface area contributed by atoms with E-state index in [4.69, 9.17) is 16.9 Å². The molecule has 0 atom stereocenters. The summed E-state index contributed by atoms with van der Waals surface area (Å²) in [6.45, 7) is 0. The second-order valence-electron chi connectivity index (χ2n) is 3.59. The van der Waals surface area contributed by atoms with E-state index in [2.05, 4.69) is 17.5 Å². The molecule has 0 radical (unpaired) electrons. The minimum absolute atomic E-state index is 0.467. The standard InChI is InChI=1S/C12H11ClN2/c13-12-7-11(6-5-9(12)8-14)15-10-3-1-2-4-10/h1-2,5-7,10,15H,3-4H2. The highest BCUT2D eigenvalue weighted by Gasteiger charge is 2.10. The van der Waals surface area contributed by atoms with Crippen molar-refractivity contribution in [2.45, 2.75) is 18.9 Å². The van der Waals surface area contributed by atoms with E-state index < -0.39 is 0 Å². The fraction of sp³-hybridized carbons (Fsp3) is 0.250. The molecule has 0 saturated heterocycles. The number of nitrogens with one attached hydrogen (secondary N) is 1. The quantitative estimate of drug-likeness (QED) is 0.773. The van der Waals surface area contributed by atoms with Crippen LogP contribution in [0.25, 0.3) is 0 Å². The topological polar surface area (TPSA) is 35.8 Å². The van der Waals surface area contributed by atoms with Crippen molar-refractivity contribution in [3.8, 4) is 6.07 Å². The molecule has 0 fully saturated rings. The maximum absolute atomic E-state index is 8.73. The molecule has 3 heteroatoms. The summed E-state index contributed by atoms with van der Waals surface area (Å²) in [5.74, 6) is 0. The molecule has 0 heterocycles. The highest BCUT2D eigenvalue weighted by atomic mass is 35.5. The number of hydrogen-bond acceptors (Lipinski definition) is 2. The number of rotatable bonds is 2. The predicted octanol–water partition coefficient (Wildman–Crippen LogP) is 3.34. The number of nitriles is 1. The molecule has 15 heavy (non-hydrogen) atoms. The van der Waals surface area contributed by atoms with Gasteiger partial charge in [0, 0.05) is 11.7 Å². The lowest BCUT2D eigenvalue weighted by molar-refractivity contribution is 0.787. The maximum Gasteiger partial charge on any atom is 0.101 e. The SMILES string of the molecule is N#Cc1ccc(NC2CC=CC2)cc1Cl. The van der Waals surface area contributed by atoms with Gasteiger partial charge in [-0.3, -0.25) is 0 Å². The lowest BCUT2D eigenvalue weighted by atomic mass is 10.2. The number of hydrogen-bond donors (Lipinski definition) is 1. The molecule has 0 amide bonds. The lowest BCUT2D eigenvalue weighted by Crippen LogP contribution is -2.14. The minimum atomic E-state index is 0.467. The van der Waals surface area contributed by atoms with Gasteiger partial charge in [0.15, 0.2) is 0 Å². The zero-order chi connectivity index (χ0) is 10.7. The van der Waals surface area contributed by atoms with Crippen LogP contribution in [-0.2, 0) is 0 Å². The van der Waals surface area contributed by atoms with Gasteiger partial charge in [-0.1, -0.05) is 23.8 Å². The molecular formula is C12H11ClN2. The minimum Gasteiger partial charge on any atom is -0.382 e. The zero-order valence-corrected chi connectivity index (χ0v) is 8.96. The average molecular weight is 219 g/mol. The Morgan fingerprint density at radius 1 is 1.33 bits per heavy atom.